The number of pyridine rings is 1. The van der Waals surface area contributed by atoms with Crippen LogP contribution in [0.5, 0.6) is 0 Å². The number of halogens is 4. The lowest BCUT2D eigenvalue weighted by atomic mass is 10.0. The van der Waals surface area contributed by atoms with E-state index in [-0.39, 0.29) is 53.2 Å². The molecule has 11 heteroatoms. The lowest BCUT2D eigenvalue weighted by molar-refractivity contribution is -0.137. The van der Waals surface area contributed by atoms with E-state index in [4.69, 9.17) is 5.73 Å². The molecule has 1 aromatic heterocycles. The monoisotopic (exact) mass is 436 g/mol. The molecule has 3 N–H and O–H groups in total. The topological polar surface area (TPSA) is 105 Å². The van der Waals surface area contributed by atoms with Gasteiger partial charge >= 0.3 is 6.18 Å². The number of aromatic nitrogens is 1. The fourth-order valence-corrected chi connectivity index (χ4v) is 3.88. The van der Waals surface area contributed by atoms with Crippen molar-refractivity contribution >= 4 is 23.5 Å². The average Bonchev–Trinajstić information content (AvgIpc) is 2.98. The Kier molecular flexibility index (Phi) is 4.91. The molecule has 0 saturated carbocycles. The maximum Gasteiger partial charge on any atom is 0.393 e. The van der Waals surface area contributed by atoms with Crippen LogP contribution in [0.1, 0.15) is 34.3 Å². The van der Waals surface area contributed by atoms with Gasteiger partial charge < -0.3 is 10.6 Å². The number of piperidine rings is 1. The summed E-state index contributed by atoms with van der Waals surface area (Å²) >= 11 is 0. The minimum atomic E-state index is -4.48. The summed E-state index contributed by atoms with van der Waals surface area (Å²) in [6.45, 7) is -0.210. The lowest BCUT2D eigenvalue weighted by Gasteiger charge is -2.29. The van der Waals surface area contributed by atoms with E-state index in [9.17, 15) is 27.6 Å². The van der Waals surface area contributed by atoms with Crippen molar-refractivity contribution in [3.8, 4) is 11.3 Å². The number of benzene rings is 1. The van der Waals surface area contributed by atoms with Crippen LogP contribution >= 0.6 is 0 Å². The summed E-state index contributed by atoms with van der Waals surface area (Å²) in [5, 5.41) is 2.16. The van der Waals surface area contributed by atoms with Gasteiger partial charge in [-0.2, -0.15) is 13.2 Å². The first-order chi connectivity index (χ1) is 14.5. The normalized spacial score (nSPS) is 18.9. The summed E-state index contributed by atoms with van der Waals surface area (Å²) in [5.41, 5.74) is 5.30. The number of carbonyl (C=O) groups excluding carboxylic acids is 3. The second kappa shape index (κ2) is 7.33. The largest absolute Gasteiger partial charge is 0.393 e. The smallest absolute Gasteiger partial charge is 0.384 e. The molecule has 0 aliphatic carbocycles. The summed E-state index contributed by atoms with van der Waals surface area (Å²) in [6.07, 6.45) is -5.55. The number of hydrogen-bond acceptors (Lipinski definition) is 5. The molecule has 0 bridgehead atoms. The van der Waals surface area contributed by atoms with Crippen molar-refractivity contribution < 1.29 is 31.9 Å². The summed E-state index contributed by atoms with van der Waals surface area (Å²) < 4.78 is 53.6. The number of nitrogen functional groups attached to an aromatic ring is 1. The minimum absolute atomic E-state index is 0.00814. The van der Waals surface area contributed by atoms with Crippen LogP contribution in [-0.4, -0.2) is 39.8 Å². The number of carbonyl (C=O) groups is 3. The molecule has 2 aromatic rings. The van der Waals surface area contributed by atoms with E-state index in [1.54, 1.807) is 0 Å². The number of amides is 3. The van der Waals surface area contributed by atoms with Crippen LogP contribution in [0.25, 0.3) is 11.3 Å². The summed E-state index contributed by atoms with van der Waals surface area (Å²) in [6, 6.07) is 3.85. The van der Waals surface area contributed by atoms with Gasteiger partial charge in [0.25, 0.3) is 5.91 Å². The first-order valence-electron chi connectivity index (χ1n) is 9.33. The van der Waals surface area contributed by atoms with Crippen LogP contribution in [0.15, 0.2) is 24.3 Å². The number of fused-ring (bicyclic) bond motifs is 1. The lowest BCUT2D eigenvalue weighted by Crippen LogP contribution is -2.52. The number of imide groups is 1. The zero-order valence-electron chi connectivity index (χ0n) is 15.9. The molecular weight excluding hydrogens is 420 g/mol. The Hall–Kier alpha value is -3.50. The van der Waals surface area contributed by atoms with Crippen LogP contribution in [0.4, 0.5) is 23.4 Å². The Morgan fingerprint density at radius 2 is 1.87 bits per heavy atom. The molecule has 162 valence electrons. The first-order valence-corrected chi connectivity index (χ1v) is 9.33. The molecule has 3 amide bonds. The Bertz CT molecular complexity index is 1120. The van der Waals surface area contributed by atoms with Crippen molar-refractivity contribution in [3.05, 3.63) is 46.8 Å². The molecule has 1 saturated heterocycles. The van der Waals surface area contributed by atoms with Crippen molar-refractivity contribution in [3.63, 3.8) is 0 Å². The van der Waals surface area contributed by atoms with Crippen molar-refractivity contribution in [2.45, 2.75) is 38.0 Å². The van der Waals surface area contributed by atoms with E-state index < -0.39 is 42.2 Å². The van der Waals surface area contributed by atoms with Gasteiger partial charge in [0.2, 0.25) is 11.8 Å². The molecule has 0 radical (unpaired) electrons. The van der Waals surface area contributed by atoms with E-state index in [1.807, 2.05) is 0 Å². The molecule has 31 heavy (non-hydrogen) atoms. The number of nitrogens with one attached hydrogen (secondary N) is 1. The highest BCUT2D eigenvalue weighted by molar-refractivity contribution is 6.05. The van der Waals surface area contributed by atoms with Gasteiger partial charge in [-0.05, 0) is 36.2 Å². The van der Waals surface area contributed by atoms with E-state index in [2.05, 4.69) is 10.3 Å². The van der Waals surface area contributed by atoms with Crippen molar-refractivity contribution in [2.24, 2.45) is 0 Å². The average molecular weight is 436 g/mol. The molecule has 1 unspecified atom stereocenters. The van der Waals surface area contributed by atoms with Crippen LogP contribution in [0, 0.1) is 5.82 Å². The number of alkyl halides is 3. The minimum Gasteiger partial charge on any atom is -0.384 e. The molecule has 1 aromatic carbocycles. The van der Waals surface area contributed by atoms with Gasteiger partial charge in [-0.1, -0.05) is 0 Å². The third-order valence-corrected chi connectivity index (χ3v) is 5.23. The van der Waals surface area contributed by atoms with Gasteiger partial charge in [0, 0.05) is 23.1 Å². The molecule has 3 heterocycles. The summed E-state index contributed by atoms with van der Waals surface area (Å²) in [7, 11) is 0. The van der Waals surface area contributed by atoms with E-state index in [0.29, 0.717) is 0 Å². The molecule has 0 spiro atoms. The SMILES string of the molecule is Nc1cc(CC(F)(F)F)cc(-c2ccc3c(c2F)CN(C2CCC(=O)NC2=O)C3=O)n1. The second-order valence-corrected chi connectivity index (χ2v) is 7.43. The van der Waals surface area contributed by atoms with Gasteiger partial charge in [-0.25, -0.2) is 9.37 Å². The number of rotatable bonds is 3. The van der Waals surface area contributed by atoms with Crippen LogP contribution in [0.2, 0.25) is 0 Å². The fourth-order valence-electron chi connectivity index (χ4n) is 3.88. The molecule has 2 aliphatic heterocycles. The standard InChI is InChI=1S/C20H16F4N4O3/c21-17-11(13-5-9(6-15(25)26-13)7-20(22,23)24)2-1-10-12(17)8-28(19(10)31)14-3-4-16(29)27-18(14)30/h1-2,5-6,14H,3-4,7-8H2,(H2,25,26)(H,27,29,30). The Balaban J connectivity index is 1.68. The van der Waals surface area contributed by atoms with E-state index >= 15 is 4.39 Å². The van der Waals surface area contributed by atoms with Crippen LogP contribution in [-0.2, 0) is 22.6 Å². The van der Waals surface area contributed by atoms with Gasteiger partial charge in [0.1, 0.15) is 17.7 Å². The van der Waals surface area contributed by atoms with Crippen molar-refractivity contribution in [1.29, 1.82) is 0 Å². The highest BCUT2D eigenvalue weighted by Crippen LogP contribution is 2.35. The third kappa shape index (κ3) is 3.94. The Morgan fingerprint density at radius 1 is 1.16 bits per heavy atom. The first kappa shape index (κ1) is 20.8. The van der Waals surface area contributed by atoms with E-state index in [1.165, 1.54) is 17.0 Å². The van der Waals surface area contributed by atoms with Crippen LogP contribution in [0.3, 0.4) is 0 Å². The second-order valence-electron chi connectivity index (χ2n) is 7.43. The molecule has 1 fully saturated rings. The molecule has 7 nitrogen and oxygen atoms in total. The highest BCUT2D eigenvalue weighted by atomic mass is 19.4. The van der Waals surface area contributed by atoms with Gasteiger partial charge in [0.05, 0.1) is 18.7 Å². The summed E-state index contributed by atoms with van der Waals surface area (Å²) in [5.74, 6) is -2.66. The number of anilines is 1. The van der Waals surface area contributed by atoms with Crippen molar-refractivity contribution in [1.82, 2.24) is 15.2 Å². The van der Waals surface area contributed by atoms with Crippen molar-refractivity contribution in [2.75, 3.05) is 5.73 Å². The fraction of sp³-hybridized carbons (Fsp3) is 0.300. The van der Waals surface area contributed by atoms with Gasteiger partial charge in [-0.15, -0.1) is 0 Å². The maximum atomic E-state index is 15.3. The predicted molar refractivity (Wildman–Crippen MR) is 99.8 cm³/mol. The van der Waals surface area contributed by atoms with Gasteiger partial charge in [0.15, 0.2) is 0 Å². The molecular formula is C20H16F4N4O3. The highest BCUT2D eigenvalue weighted by Gasteiger charge is 2.40. The predicted octanol–water partition coefficient (Wildman–Crippen LogP) is 2.34. The molecule has 1 atom stereocenters. The Morgan fingerprint density at radius 3 is 2.55 bits per heavy atom. The zero-order valence-corrected chi connectivity index (χ0v) is 15.9. The van der Waals surface area contributed by atoms with Crippen LogP contribution < -0.4 is 11.1 Å². The summed E-state index contributed by atoms with van der Waals surface area (Å²) in [4.78, 5) is 41.3. The number of nitrogens with two attached hydrogens (primary N) is 1. The quantitative estimate of drug-likeness (QED) is 0.568. The number of hydrogen-bond donors (Lipinski definition) is 2. The zero-order chi connectivity index (χ0) is 22.5. The van der Waals surface area contributed by atoms with Gasteiger partial charge in [-0.3, -0.25) is 19.7 Å². The number of nitrogens with zero attached hydrogens (tertiary/aromatic N) is 2. The maximum absolute atomic E-state index is 15.3. The third-order valence-electron chi connectivity index (χ3n) is 5.23. The molecule has 2 aliphatic rings. The van der Waals surface area contributed by atoms with E-state index in [0.717, 1.165) is 12.1 Å². The Labute approximate surface area is 173 Å². The molecule has 4 rings (SSSR count).